The van der Waals surface area contributed by atoms with Crippen LogP contribution in [0.3, 0.4) is 0 Å². The van der Waals surface area contributed by atoms with Gasteiger partial charge in [-0.2, -0.15) is 13.2 Å². The van der Waals surface area contributed by atoms with E-state index in [4.69, 9.17) is 0 Å². The van der Waals surface area contributed by atoms with Crippen molar-refractivity contribution in [2.75, 3.05) is 0 Å². The van der Waals surface area contributed by atoms with Gasteiger partial charge in [0.25, 0.3) is 0 Å². The summed E-state index contributed by atoms with van der Waals surface area (Å²) in [5.41, 5.74) is 0. The van der Waals surface area contributed by atoms with Crippen LogP contribution in [0.1, 0.15) is 46.0 Å². The topological polar surface area (TPSA) is 20.2 Å². The Morgan fingerprint density at radius 2 is 1.75 bits per heavy atom. The average molecular weight is 238 g/mol. The van der Waals surface area contributed by atoms with Gasteiger partial charge in [-0.3, -0.25) is 0 Å². The molecule has 0 aromatic heterocycles. The Bertz CT molecular complexity index is 213. The molecule has 16 heavy (non-hydrogen) atoms. The van der Waals surface area contributed by atoms with Crippen molar-refractivity contribution in [3.63, 3.8) is 0 Å². The van der Waals surface area contributed by atoms with Gasteiger partial charge in [0, 0.05) is 0 Å². The molecule has 0 amide bonds. The van der Waals surface area contributed by atoms with Gasteiger partial charge in [0.2, 0.25) is 0 Å². The lowest BCUT2D eigenvalue weighted by molar-refractivity contribution is -0.207. The van der Waals surface area contributed by atoms with Gasteiger partial charge in [-0.1, -0.05) is 26.7 Å². The van der Waals surface area contributed by atoms with E-state index in [9.17, 15) is 18.3 Å². The van der Waals surface area contributed by atoms with Crippen LogP contribution in [0.5, 0.6) is 0 Å². The van der Waals surface area contributed by atoms with E-state index in [-0.39, 0.29) is 12.3 Å². The molecule has 4 heteroatoms. The van der Waals surface area contributed by atoms with E-state index in [1.807, 2.05) is 13.8 Å². The molecular formula is C12H21F3O. The number of hydrogen-bond acceptors (Lipinski definition) is 1. The number of aliphatic hydroxyl groups excluding tert-OH is 1. The summed E-state index contributed by atoms with van der Waals surface area (Å²) in [6.45, 7) is 3.85. The molecule has 1 fully saturated rings. The van der Waals surface area contributed by atoms with Gasteiger partial charge >= 0.3 is 6.18 Å². The smallest absolute Gasteiger partial charge is 0.392 e. The van der Waals surface area contributed by atoms with Crippen molar-refractivity contribution >= 4 is 0 Å². The Kier molecular flexibility index (Phi) is 4.65. The predicted octanol–water partition coefficient (Wildman–Crippen LogP) is 3.76. The maximum Gasteiger partial charge on any atom is 0.392 e. The second-order valence-electron chi connectivity index (χ2n) is 5.29. The number of hydrogen-bond donors (Lipinski definition) is 1. The molecule has 1 rings (SSSR count). The molecule has 0 bridgehead atoms. The molecule has 3 unspecified atom stereocenters. The lowest BCUT2D eigenvalue weighted by Gasteiger charge is -2.36. The maximum absolute atomic E-state index is 12.8. The molecule has 0 heterocycles. The third-order valence-electron chi connectivity index (χ3n) is 3.45. The van der Waals surface area contributed by atoms with Crippen LogP contribution in [-0.2, 0) is 0 Å². The van der Waals surface area contributed by atoms with Crippen molar-refractivity contribution < 1.29 is 18.3 Å². The van der Waals surface area contributed by atoms with Crippen LogP contribution in [0.25, 0.3) is 0 Å². The summed E-state index contributed by atoms with van der Waals surface area (Å²) in [7, 11) is 0. The average Bonchev–Trinajstić information content (AvgIpc) is 2.15. The van der Waals surface area contributed by atoms with Gasteiger partial charge < -0.3 is 5.11 Å². The fraction of sp³-hybridized carbons (Fsp3) is 1.00. The first kappa shape index (κ1) is 13.8. The zero-order valence-corrected chi connectivity index (χ0v) is 9.93. The van der Waals surface area contributed by atoms with E-state index in [1.54, 1.807) is 0 Å². The minimum atomic E-state index is -4.15. The highest BCUT2D eigenvalue weighted by Crippen LogP contribution is 2.43. The molecule has 0 spiro atoms. The highest BCUT2D eigenvalue weighted by molar-refractivity contribution is 4.85. The molecule has 1 N–H and O–H groups in total. The van der Waals surface area contributed by atoms with E-state index in [0.29, 0.717) is 19.3 Å². The first-order valence-corrected chi connectivity index (χ1v) is 6.07. The molecule has 0 saturated heterocycles. The molecule has 0 radical (unpaired) electrons. The standard InChI is InChI=1S/C12H21F3O/c1-8(2)7-11(16)9-5-3-4-6-10(9)12(13,14)15/h8-11,16H,3-7H2,1-2H3. The van der Waals surface area contributed by atoms with Crippen molar-refractivity contribution in [2.24, 2.45) is 17.8 Å². The van der Waals surface area contributed by atoms with Crippen molar-refractivity contribution in [3.05, 3.63) is 0 Å². The largest absolute Gasteiger partial charge is 0.393 e. The molecule has 1 aliphatic carbocycles. The molecule has 1 nitrogen and oxygen atoms in total. The van der Waals surface area contributed by atoms with Crippen LogP contribution >= 0.6 is 0 Å². The van der Waals surface area contributed by atoms with Gasteiger partial charge in [0.15, 0.2) is 0 Å². The zero-order chi connectivity index (χ0) is 12.3. The summed E-state index contributed by atoms with van der Waals surface area (Å²) in [5, 5.41) is 9.88. The number of alkyl halides is 3. The van der Waals surface area contributed by atoms with Crippen LogP contribution in [0, 0.1) is 17.8 Å². The van der Waals surface area contributed by atoms with Gasteiger partial charge in [-0.15, -0.1) is 0 Å². The summed E-state index contributed by atoms with van der Waals surface area (Å²) in [6, 6.07) is 0. The van der Waals surface area contributed by atoms with Crippen molar-refractivity contribution in [1.82, 2.24) is 0 Å². The fourth-order valence-electron chi connectivity index (χ4n) is 2.68. The SMILES string of the molecule is CC(C)CC(O)C1CCCCC1C(F)(F)F. The van der Waals surface area contributed by atoms with Gasteiger partial charge in [0.05, 0.1) is 12.0 Å². The fourth-order valence-corrected chi connectivity index (χ4v) is 2.68. The van der Waals surface area contributed by atoms with Crippen molar-refractivity contribution in [1.29, 1.82) is 0 Å². The first-order valence-electron chi connectivity index (χ1n) is 6.07. The Morgan fingerprint density at radius 3 is 2.25 bits per heavy atom. The van der Waals surface area contributed by atoms with Gasteiger partial charge in [-0.25, -0.2) is 0 Å². The first-order chi connectivity index (χ1) is 7.32. The molecule has 96 valence electrons. The second-order valence-corrected chi connectivity index (χ2v) is 5.29. The second kappa shape index (κ2) is 5.39. The van der Waals surface area contributed by atoms with Crippen molar-refractivity contribution in [2.45, 2.75) is 58.2 Å². The summed E-state index contributed by atoms with van der Waals surface area (Å²) < 4.78 is 38.3. The Labute approximate surface area is 95.0 Å². The predicted molar refractivity (Wildman–Crippen MR) is 57.0 cm³/mol. The minimum Gasteiger partial charge on any atom is -0.393 e. The van der Waals surface area contributed by atoms with Crippen LogP contribution in [0.4, 0.5) is 13.2 Å². The Morgan fingerprint density at radius 1 is 1.19 bits per heavy atom. The summed E-state index contributed by atoms with van der Waals surface area (Å²) >= 11 is 0. The molecular weight excluding hydrogens is 217 g/mol. The van der Waals surface area contributed by atoms with Gasteiger partial charge in [-0.05, 0) is 31.1 Å². The Hall–Kier alpha value is -0.250. The van der Waals surface area contributed by atoms with Crippen LogP contribution in [0.2, 0.25) is 0 Å². The highest BCUT2D eigenvalue weighted by Gasteiger charge is 2.47. The maximum atomic E-state index is 12.8. The summed E-state index contributed by atoms with van der Waals surface area (Å²) in [6.07, 6.45) is -2.34. The zero-order valence-electron chi connectivity index (χ0n) is 9.93. The van der Waals surface area contributed by atoms with Gasteiger partial charge in [0.1, 0.15) is 0 Å². The molecule has 3 atom stereocenters. The highest BCUT2D eigenvalue weighted by atomic mass is 19.4. The van der Waals surface area contributed by atoms with E-state index in [0.717, 1.165) is 6.42 Å². The molecule has 1 aliphatic rings. The normalized spacial score (nSPS) is 29.4. The Balaban J connectivity index is 2.66. The molecule has 0 aromatic carbocycles. The van der Waals surface area contributed by atoms with Crippen molar-refractivity contribution in [3.8, 4) is 0 Å². The molecule has 1 saturated carbocycles. The number of aliphatic hydroxyl groups is 1. The van der Waals surface area contributed by atoms with E-state index in [1.165, 1.54) is 0 Å². The summed E-state index contributed by atoms with van der Waals surface area (Å²) in [5.74, 6) is -1.64. The monoisotopic (exact) mass is 238 g/mol. The van der Waals surface area contributed by atoms with Crippen LogP contribution in [0.15, 0.2) is 0 Å². The minimum absolute atomic E-state index is 0.184. The van der Waals surface area contributed by atoms with Crippen LogP contribution in [-0.4, -0.2) is 17.4 Å². The third kappa shape index (κ3) is 3.65. The summed E-state index contributed by atoms with van der Waals surface area (Å²) in [4.78, 5) is 0. The number of halogens is 3. The van der Waals surface area contributed by atoms with Crippen LogP contribution < -0.4 is 0 Å². The third-order valence-corrected chi connectivity index (χ3v) is 3.45. The lowest BCUT2D eigenvalue weighted by atomic mass is 9.74. The number of rotatable bonds is 3. The molecule has 0 aromatic rings. The molecule has 0 aliphatic heterocycles. The van der Waals surface area contributed by atoms with E-state index < -0.39 is 24.1 Å². The van der Waals surface area contributed by atoms with E-state index in [2.05, 4.69) is 0 Å². The quantitative estimate of drug-likeness (QED) is 0.793. The van der Waals surface area contributed by atoms with E-state index >= 15 is 0 Å². The lowest BCUT2D eigenvalue weighted by Crippen LogP contribution is -2.39.